The molecule has 0 spiro atoms. The fourth-order valence-corrected chi connectivity index (χ4v) is 2.88. The van der Waals surface area contributed by atoms with Gasteiger partial charge in [-0.3, -0.25) is 9.59 Å². The van der Waals surface area contributed by atoms with Crippen LogP contribution in [-0.2, 0) is 14.4 Å². The van der Waals surface area contributed by atoms with Crippen LogP contribution in [0.3, 0.4) is 0 Å². The van der Waals surface area contributed by atoms with Crippen molar-refractivity contribution in [3.63, 3.8) is 0 Å². The van der Waals surface area contributed by atoms with Crippen molar-refractivity contribution in [2.75, 3.05) is 13.2 Å². The van der Waals surface area contributed by atoms with Crippen LogP contribution in [0, 0.1) is 0 Å². The van der Waals surface area contributed by atoms with E-state index >= 15 is 0 Å². The minimum Gasteiger partial charge on any atom is -0.482 e. The second kappa shape index (κ2) is 16.8. The number of hydrogen-bond donors (Lipinski definition) is 3. The molecular weight excluding hydrogens is 398 g/mol. The van der Waals surface area contributed by atoms with Crippen LogP contribution in [-0.4, -0.2) is 42.3 Å². The summed E-state index contributed by atoms with van der Waals surface area (Å²) in [5.74, 6) is -1.15. The van der Waals surface area contributed by atoms with Gasteiger partial charge < -0.3 is 15.2 Å². The fraction of sp³-hybridized carbons (Fsp3) is 0.565. The molecule has 3 N–H and O–H groups in total. The Morgan fingerprint density at radius 3 is 2.16 bits per heavy atom. The summed E-state index contributed by atoms with van der Waals surface area (Å²) in [4.78, 5) is 34.0. The first-order chi connectivity index (χ1) is 15.0. The normalized spacial score (nSPS) is 10.7. The second-order valence-corrected chi connectivity index (χ2v) is 7.40. The number of carboxylic acid groups (broad SMARTS) is 1. The quantitative estimate of drug-likeness (QED) is 0.197. The molecule has 0 aliphatic heterocycles. The van der Waals surface area contributed by atoms with Crippen molar-refractivity contribution >= 4 is 24.0 Å². The molecule has 0 saturated carbocycles. The summed E-state index contributed by atoms with van der Waals surface area (Å²) in [7, 11) is 0. The molecule has 0 aliphatic rings. The predicted octanol–water partition coefficient (Wildman–Crippen LogP) is 3.64. The summed E-state index contributed by atoms with van der Waals surface area (Å²) in [6.45, 7) is 1.69. The van der Waals surface area contributed by atoms with E-state index in [4.69, 9.17) is 9.84 Å². The van der Waals surface area contributed by atoms with E-state index in [-0.39, 0.29) is 12.5 Å². The van der Waals surface area contributed by atoms with Crippen LogP contribution >= 0.6 is 0 Å². The highest BCUT2D eigenvalue weighted by atomic mass is 16.5. The SMILES string of the molecule is CCCCCCCCCCCC(=O)NCC(=O)NN=Cc1ccc(OCC(=O)O)cc1. The lowest BCUT2D eigenvalue weighted by atomic mass is 10.1. The van der Waals surface area contributed by atoms with Crippen molar-refractivity contribution in [3.8, 4) is 5.75 Å². The Morgan fingerprint density at radius 1 is 0.935 bits per heavy atom. The van der Waals surface area contributed by atoms with E-state index in [0.29, 0.717) is 17.7 Å². The molecule has 31 heavy (non-hydrogen) atoms. The number of rotatable bonds is 17. The van der Waals surface area contributed by atoms with E-state index in [1.54, 1.807) is 24.3 Å². The fourth-order valence-electron chi connectivity index (χ4n) is 2.88. The molecule has 2 amide bonds. The number of aliphatic carboxylic acids is 1. The van der Waals surface area contributed by atoms with Crippen LogP contribution < -0.4 is 15.5 Å². The highest BCUT2D eigenvalue weighted by Crippen LogP contribution is 2.11. The van der Waals surface area contributed by atoms with Crippen LogP contribution in [0.1, 0.15) is 76.7 Å². The van der Waals surface area contributed by atoms with Gasteiger partial charge in [0.25, 0.3) is 5.91 Å². The Kier molecular flexibility index (Phi) is 14.2. The zero-order valence-corrected chi connectivity index (χ0v) is 18.4. The van der Waals surface area contributed by atoms with E-state index in [1.165, 1.54) is 44.7 Å². The van der Waals surface area contributed by atoms with Crippen molar-refractivity contribution in [3.05, 3.63) is 29.8 Å². The predicted molar refractivity (Wildman–Crippen MR) is 120 cm³/mol. The maximum Gasteiger partial charge on any atom is 0.341 e. The van der Waals surface area contributed by atoms with Gasteiger partial charge in [0.15, 0.2) is 6.61 Å². The van der Waals surface area contributed by atoms with Gasteiger partial charge in [0.2, 0.25) is 5.91 Å². The summed E-state index contributed by atoms with van der Waals surface area (Å²) in [5, 5.41) is 15.0. The molecule has 1 aromatic carbocycles. The third-order valence-electron chi connectivity index (χ3n) is 4.60. The van der Waals surface area contributed by atoms with Gasteiger partial charge in [0, 0.05) is 6.42 Å². The van der Waals surface area contributed by atoms with Gasteiger partial charge in [0.05, 0.1) is 12.8 Å². The van der Waals surface area contributed by atoms with Crippen molar-refractivity contribution in [2.24, 2.45) is 5.10 Å². The Balaban J connectivity index is 2.09. The molecule has 0 bridgehead atoms. The molecule has 8 heteroatoms. The number of hydrazone groups is 1. The number of ether oxygens (including phenoxy) is 1. The monoisotopic (exact) mass is 433 g/mol. The molecule has 0 heterocycles. The smallest absolute Gasteiger partial charge is 0.341 e. The van der Waals surface area contributed by atoms with Crippen LogP contribution in [0.5, 0.6) is 5.75 Å². The third kappa shape index (κ3) is 14.7. The van der Waals surface area contributed by atoms with E-state index < -0.39 is 18.5 Å². The average molecular weight is 434 g/mol. The van der Waals surface area contributed by atoms with Crippen molar-refractivity contribution in [2.45, 2.75) is 71.1 Å². The van der Waals surface area contributed by atoms with Gasteiger partial charge in [0.1, 0.15) is 5.75 Å². The summed E-state index contributed by atoms with van der Waals surface area (Å²) >= 11 is 0. The highest BCUT2D eigenvalue weighted by molar-refractivity contribution is 5.86. The number of nitrogens with zero attached hydrogens (tertiary/aromatic N) is 1. The van der Waals surface area contributed by atoms with E-state index in [1.807, 2.05) is 0 Å². The molecule has 8 nitrogen and oxygen atoms in total. The molecule has 0 radical (unpaired) electrons. The number of amides is 2. The summed E-state index contributed by atoms with van der Waals surface area (Å²) in [5.41, 5.74) is 3.06. The lowest BCUT2D eigenvalue weighted by molar-refractivity contribution is -0.139. The van der Waals surface area contributed by atoms with Crippen molar-refractivity contribution in [1.29, 1.82) is 0 Å². The van der Waals surface area contributed by atoms with Crippen LogP contribution in [0.2, 0.25) is 0 Å². The number of carbonyl (C=O) groups is 3. The lowest BCUT2D eigenvalue weighted by Gasteiger charge is -2.05. The number of nitrogens with one attached hydrogen (secondary N) is 2. The van der Waals surface area contributed by atoms with Gasteiger partial charge in [-0.05, 0) is 36.2 Å². The molecule has 0 aromatic heterocycles. The van der Waals surface area contributed by atoms with Gasteiger partial charge >= 0.3 is 5.97 Å². The van der Waals surface area contributed by atoms with E-state index in [2.05, 4.69) is 22.8 Å². The summed E-state index contributed by atoms with van der Waals surface area (Å²) < 4.78 is 5.03. The minimum absolute atomic E-state index is 0.116. The first-order valence-electron chi connectivity index (χ1n) is 11.0. The number of hydrogen-bond acceptors (Lipinski definition) is 5. The topological polar surface area (TPSA) is 117 Å². The first-order valence-corrected chi connectivity index (χ1v) is 11.0. The summed E-state index contributed by atoms with van der Waals surface area (Å²) in [6.07, 6.45) is 12.6. The molecule has 1 rings (SSSR count). The molecule has 172 valence electrons. The third-order valence-corrected chi connectivity index (χ3v) is 4.60. The maximum absolute atomic E-state index is 11.8. The standard InChI is InChI=1S/C23H35N3O5/c1-2-3-4-5-6-7-8-9-10-11-21(27)24-17-22(28)26-25-16-19-12-14-20(15-13-19)31-18-23(29)30/h12-16H,2-11,17-18H2,1H3,(H,24,27)(H,26,28)(H,29,30). The Morgan fingerprint density at radius 2 is 1.55 bits per heavy atom. The van der Waals surface area contributed by atoms with Gasteiger partial charge in [-0.2, -0.15) is 5.10 Å². The molecule has 0 unspecified atom stereocenters. The van der Waals surface area contributed by atoms with Gasteiger partial charge in [-0.1, -0.05) is 58.3 Å². The van der Waals surface area contributed by atoms with E-state index in [9.17, 15) is 14.4 Å². The molecule has 0 saturated heterocycles. The zero-order chi connectivity index (χ0) is 22.7. The van der Waals surface area contributed by atoms with Gasteiger partial charge in [-0.25, -0.2) is 10.2 Å². The molecule has 0 atom stereocenters. The van der Waals surface area contributed by atoms with Crippen LogP contribution in [0.25, 0.3) is 0 Å². The average Bonchev–Trinajstić information content (AvgIpc) is 2.76. The maximum atomic E-state index is 11.8. The van der Waals surface area contributed by atoms with Crippen LogP contribution in [0.4, 0.5) is 0 Å². The van der Waals surface area contributed by atoms with Crippen molar-refractivity contribution < 1.29 is 24.2 Å². The number of carbonyl (C=O) groups excluding carboxylic acids is 2. The zero-order valence-electron chi connectivity index (χ0n) is 18.4. The molecule has 1 aromatic rings. The largest absolute Gasteiger partial charge is 0.482 e. The Labute approximate surface area is 184 Å². The molecular formula is C23H35N3O5. The number of carboxylic acids is 1. The Bertz CT molecular complexity index is 689. The summed E-state index contributed by atoms with van der Waals surface area (Å²) in [6, 6.07) is 6.58. The Hall–Kier alpha value is -2.90. The molecule has 0 aliphatic carbocycles. The lowest BCUT2D eigenvalue weighted by Crippen LogP contribution is -2.34. The first kappa shape index (κ1) is 26.1. The van der Waals surface area contributed by atoms with Crippen molar-refractivity contribution in [1.82, 2.24) is 10.7 Å². The number of unbranched alkanes of at least 4 members (excludes halogenated alkanes) is 8. The minimum atomic E-state index is -1.05. The van der Waals surface area contributed by atoms with Crippen LogP contribution in [0.15, 0.2) is 29.4 Å². The molecule has 0 fully saturated rings. The van der Waals surface area contributed by atoms with E-state index in [0.717, 1.165) is 19.3 Å². The second-order valence-electron chi connectivity index (χ2n) is 7.40. The van der Waals surface area contributed by atoms with Gasteiger partial charge in [-0.15, -0.1) is 0 Å². The highest BCUT2D eigenvalue weighted by Gasteiger charge is 2.05. The number of benzene rings is 1.